The highest BCUT2D eigenvalue weighted by Crippen LogP contribution is 2.18. The first-order chi connectivity index (χ1) is 13.2. The third-order valence-electron chi connectivity index (χ3n) is 4.74. The first-order valence-corrected chi connectivity index (χ1v) is 9.37. The van der Waals surface area contributed by atoms with Crippen LogP contribution >= 0.6 is 0 Å². The first-order valence-electron chi connectivity index (χ1n) is 9.37. The lowest BCUT2D eigenvalue weighted by Crippen LogP contribution is -2.47. The summed E-state index contributed by atoms with van der Waals surface area (Å²) in [4.78, 5) is 30.5. The number of hydrogen-bond acceptors (Lipinski definition) is 4. The number of piperidine rings is 1. The van der Waals surface area contributed by atoms with E-state index < -0.39 is 0 Å². The number of aromatic nitrogens is 1. The molecule has 0 radical (unpaired) electrons. The molecule has 2 heterocycles. The largest absolute Gasteiger partial charge is 0.483 e. The van der Waals surface area contributed by atoms with Gasteiger partial charge in [-0.05, 0) is 43.0 Å². The number of likely N-dealkylation sites (tertiary alicyclic amines) is 1. The molecule has 0 unspecified atom stereocenters. The van der Waals surface area contributed by atoms with Gasteiger partial charge in [0.1, 0.15) is 11.4 Å². The molecule has 27 heavy (non-hydrogen) atoms. The number of ether oxygens (including phenoxy) is 1. The average molecular weight is 367 g/mol. The monoisotopic (exact) mass is 367 g/mol. The first kappa shape index (κ1) is 18.9. The molecular formula is C21H25N3O3. The molecule has 0 atom stereocenters. The van der Waals surface area contributed by atoms with Gasteiger partial charge in [-0.15, -0.1) is 0 Å². The van der Waals surface area contributed by atoms with Crippen molar-refractivity contribution in [3.8, 4) is 5.75 Å². The second-order valence-electron chi connectivity index (χ2n) is 6.60. The number of nitrogens with one attached hydrogen (secondary N) is 1. The molecule has 1 fully saturated rings. The zero-order chi connectivity index (χ0) is 19.1. The summed E-state index contributed by atoms with van der Waals surface area (Å²) in [6, 6.07) is 13.1. The second-order valence-corrected chi connectivity index (χ2v) is 6.60. The molecule has 1 N–H and O–H groups in total. The van der Waals surface area contributed by atoms with Gasteiger partial charge in [0.15, 0.2) is 6.61 Å². The highest BCUT2D eigenvalue weighted by Gasteiger charge is 2.25. The Morgan fingerprint density at radius 3 is 2.59 bits per heavy atom. The molecule has 142 valence electrons. The van der Waals surface area contributed by atoms with Crippen LogP contribution in [-0.2, 0) is 11.2 Å². The van der Waals surface area contributed by atoms with Gasteiger partial charge in [-0.3, -0.25) is 14.6 Å². The molecule has 2 amide bonds. The van der Waals surface area contributed by atoms with Crippen molar-refractivity contribution in [2.24, 2.45) is 0 Å². The Kier molecular flexibility index (Phi) is 6.41. The van der Waals surface area contributed by atoms with E-state index >= 15 is 0 Å². The van der Waals surface area contributed by atoms with Crippen molar-refractivity contribution in [1.29, 1.82) is 0 Å². The van der Waals surface area contributed by atoms with Crippen molar-refractivity contribution in [2.75, 3.05) is 19.7 Å². The van der Waals surface area contributed by atoms with E-state index in [-0.39, 0.29) is 24.5 Å². The molecule has 1 aromatic carbocycles. The van der Waals surface area contributed by atoms with Crippen LogP contribution < -0.4 is 10.1 Å². The summed E-state index contributed by atoms with van der Waals surface area (Å²) in [5.74, 6) is 0.571. The van der Waals surface area contributed by atoms with E-state index in [2.05, 4.69) is 17.2 Å². The Bertz CT molecular complexity index is 771. The number of aryl methyl sites for hydroxylation is 1. The van der Waals surface area contributed by atoms with Crippen LogP contribution in [0.3, 0.4) is 0 Å². The molecule has 0 aliphatic carbocycles. The number of pyridine rings is 1. The van der Waals surface area contributed by atoms with Crippen LogP contribution in [0.1, 0.15) is 35.8 Å². The molecule has 1 aromatic heterocycles. The predicted molar refractivity (Wildman–Crippen MR) is 103 cm³/mol. The van der Waals surface area contributed by atoms with Gasteiger partial charge in [0.05, 0.1) is 0 Å². The van der Waals surface area contributed by atoms with Crippen LogP contribution in [0.25, 0.3) is 0 Å². The van der Waals surface area contributed by atoms with E-state index in [0.29, 0.717) is 18.8 Å². The van der Waals surface area contributed by atoms with Crippen molar-refractivity contribution < 1.29 is 14.3 Å². The predicted octanol–water partition coefficient (Wildman–Crippen LogP) is 2.44. The van der Waals surface area contributed by atoms with Crippen LogP contribution in [0, 0.1) is 0 Å². The minimum atomic E-state index is -0.129. The van der Waals surface area contributed by atoms with Gasteiger partial charge in [0, 0.05) is 25.3 Å². The lowest BCUT2D eigenvalue weighted by Gasteiger charge is -2.32. The lowest BCUT2D eigenvalue weighted by atomic mass is 10.0. The quantitative estimate of drug-likeness (QED) is 0.851. The number of rotatable bonds is 6. The van der Waals surface area contributed by atoms with E-state index in [4.69, 9.17) is 4.74 Å². The SMILES string of the molecule is CCc1ccccc1OCC(=O)NC1CCN(C(=O)c2ccccn2)CC1. The Morgan fingerprint density at radius 1 is 1.15 bits per heavy atom. The van der Waals surface area contributed by atoms with Gasteiger partial charge in [-0.1, -0.05) is 31.2 Å². The van der Waals surface area contributed by atoms with Crippen molar-refractivity contribution in [3.05, 3.63) is 59.9 Å². The van der Waals surface area contributed by atoms with Crippen LogP contribution in [0.5, 0.6) is 5.75 Å². The summed E-state index contributed by atoms with van der Waals surface area (Å²) in [6.07, 6.45) is 3.95. The van der Waals surface area contributed by atoms with Gasteiger partial charge in [-0.25, -0.2) is 0 Å². The topological polar surface area (TPSA) is 71.5 Å². The molecule has 0 saturated carbocycles. The summed E-state index contributed by atoms with van der Waals surface area (Å²) in [5.41, 5.74) is 1.55. The summed E-state index contributed by atoms with van der Waals surface area (Å²) in [5, 5.41) is 3.01. The maximum atomic E-state index is 12.4. The fourth-order valence-electron chi connectivity index (χ4n) is 3.23. The fourth-order valence-corrected chi connectivity index (χ4v) is 3.23. The van der Waals surface area contributed by atoms with E-state index in [9.17, 15) is 9.59 Å². The molecule has 6 nitrogen and oxygen atoms in total. The third-order valence-corrected chi connectivity index (χ3v) is 4.74. The standard InChI is InChI=1S/C21H25N3O3/c1-2-16-7-3-4-9-19(16)27-15-20(25)23-17-10-13-24(14-11-17)21(26)18-8-5-6-12-22-18/h3-9,12,17H,2,10-11,13-15H2,1H3,(H,23,25). The highest BCUT2D eigenvalue weighted by molar-refractivity contribution is 5.92. The highest BCUT2D eigenvalue weighted by atomic mass is 16.5. The van der Waals surface area contributed by atoms with Crippen LogP contribution in [-0.4, -0.2) is 47.4 Å². The van der Waals surface area contributed by atoms with E-state index in [1.165, 1.54) is 0 Å². The normalized spacial score (nSPS) is 14.6. The van der Waals surface area contributed by atoms with Crippen molar-refractivity contribution in [2.45, 2.75) is 32.2 Å². The average Bonchev–Trinajstić information content (AvgIpc) is 2.73. The number of carbonyl (C=O) groups excluding carboxylic acids is 2. The van der Waals surface area contributed by atoms with Crippen LogP contribution in [0.4, 0.5) is 0 Å². The number of amides is 2. The smallest absolute Gasteiger partial charge is 0.272 e. The van der Waals surface area contributed by atoms with E-state index in [1.807, 2.05) is 30.3 Å². The molecule has 0 bridgehead atoms. The molecule has 1 aliphatic heterocycles. The van der Waals surface area contributed by atoms with Crippen LogP contribution in [0.15, 0.2) is 48.7 Å². The number of benzene rings is 1. The maximum Gasteiger partial charge on any atom is 0.272 e. The summed E-state index contributed by atoms with van der Waals surface area (Å²) >= 11 is 0. The summed E-state index contributed by atoms with van der Waals surface area (Å²) in [7, 11) is 0. The Morgan fingerprint density at radius 2 is 1.89 bits per heavy atom. The van der Waals surface area contributed by atoms with Gasteiger partial charge >= 0.3 is 0 Å². The Labute approximate surface area is 159 Å². The van der Waals surface area contributed by atoms with Crippen molar-refractivity contribution in [1.82, 2.24) is 15.2 Å². The van der Waals surface area contributed by atoms with E-state index in [0.717, 1.165) is 30.6 Å². The molecule has 0 spiro atoms. The minimum absolute atomic E-state index is 0.00406. The van der Waals surface area contributed by atoms with Gasteiger partial charge in [0.25, 0.3) is 11.8 Å². The second kappa shape index (κ2) is 9.16. The molecule has 1 aliphatic rings. The number of nitrogens with zero attached hydrogens (tertiary/aromatic N) is 2. The molecule has 6 heteroatoms. The van der Waals surface area contributed by atoms with Gasteiger partial charge in [0.2, 0.25) is 0 Å². The van der Waals surface area contributed by atoms with E-state index in [1.54, 1.807) is 23.2 Å². The number of carbonyl (C=O) groups is 2. The molecule has 3 rings (SSSR count). The number of hydrogen-bond donors (Lipinski definition) is 1. The van der Waals surface area contributed by atoms with Gasteiger partial charge < -0.3 is 15.0 Å². The zero-order valence-electron chi connectivity index (χ0n) is 15.6. The molecule has 2 aromatic rings. The number of para-hydroxylation sites is 1. The maximum absolute atomic E-state index is 12.4. The minimum Gasteiger partial charge on any atom is -0.483 e. The molecular weight excluding hydrogens is 342 g/mol. The third kappa shape index (κ3) is 5.06. The Balaban J connectivity index is 1.43. The van der Waals surface area contributed by atoms with Gasteiger partial charge in [-0.2, -0.15) is 0 Å². The zero-order valence-corrected chi connectivity index (χ0v) is 15.6. The van der Waals surface area contributed by atoms with Crippen molar-refractivity contribution in [3.63, 3.8) is 0 Å². The van der Waals surface area contributed by atoms with Crippen LogP contribution in [0.2, 0.25) is 0 Å². The molecule has 1 saturated heterocycles. The summed E-state index contributed by atoms with van der Waals surface area (Å²) < 4.78 is 5.66. The lowest BCUT2D eigenvalue weighted by molar-refractivity contribution is -0.124. The van der Waals surface area contributed by atoms with Crippen molar-refractivity contribution >= 4 is 11.8 Å². The fraction of sp³-hybridized carbons (Fsp3) is 0.381. The Hall–Kier alpha value is -2.89. The summed E-state index contributed by atoms with van der Waals surface area (Å²) in [6.45, 7) is 3.28.